The number of hydrogen-bond donors (Lipinski definition) is 2. The van der Waals surface area contributed by atoms with Crippen molar-refractivity contribution in [3.8, 4) is 0 Å². The number of hydrogen-bond acceptors (Lipinski definition) is 6. The van der Waals surface area contributed by atoms with Gasteiger partial charge in [-0.3, -0.25) is 0 Å². The first kappa shape index (κ1) is 12.5. The second-order valence-electron chi connectivity index (χ2n) is 1.74. The summed E-state index contributed by atoms with van der Waals surface area (Å²) < 4.78 is 0. The van der Waals surface area contributed by atoms with E-state index in [4.69, 9.17) is 0 Å². The molecule has 0 aliphatic carbocycles. The van der Waals surface area contributed by atoms with E-state index in [1.165, 1.54) is 0 Å². The lowest BCUT2D eigenvalue weighted by Gasteiger charge is -2.02. The molecule has 0 aromatic carbocycles. The van der Waals surface area contributed by atoms with Crippen molar-refractivity contribution in [1.82, 2.24) is 0 Å². The molecular formula is C6H14O4S2. The summed E-state index contributed by atoms with van der Waals surface area (Å²) in [5, 5.41) is 0. The first-order chi connectivity index (χ1) is 5.91. The number of thiol groups is 2. The predicted molar refractivity (Wildman–Crippen MR) is 51.5 cm³/mol. The Kier molecular flexibility index (Phi) is 12.1. The van der Waals surface area contributed by atoms with Crippen LogP contribution in [0.25, 0.3) is 0 Å². The summed E-state index contributed by atoms with van der Waals surface area (Å²) in [7, 11) is 0. The van der Waals surface area contributed by atoms with E-state index in [9.17, 15) is 0 Å². The van der Waals surface area contributed by atoms with Gasteiger partial charge in [-0.2, -0.15) is 25.3 Å². The Hall–Kier alpha value is 0.540. The molecule has 0 bridgehead atoms. The molecule has 0 saturated carbocycles. The average Bonchev–Trinajstić information content (AvgIpc) is 2.10. The van der Waals surface area contributed by atoms with Crippen LogP contribution in [0.15, 0.2) is 0 Å². The number of rotatable bonds is 9. The maximum absolute atomic E-state index is 4.68. The van der Waals surface area contributed by atoms with E-state index >= 15 is 0 Å². The van der Waals surface area contributed by atoms with Gasteiger partial charge in [0.15, 0.2) is 0 Å². The van der Waals surface area contributed by atoms with Crippen LogP contribution in [0, 0.1) is 0 Å². The summed E-state index contributed by atoms with van der Waals surface area (Å²) in [6, 6.07) is 0. The van der Waals surface area contributed by atoms with Crippen molar-refractivity contribution in [3.05, 3.63) is 0 Å². The third kappa shape index (κ3) is 10.5. The molecular weight excluding hydrogens is 200 g/mol. The molecule has 0 amide bonds. The Morgan fingerprint density at radius 1 is 0.583 bits per heavy atom. The Morgan fingerprint density at radius 3 is 1.25 bits per heavy atom. The van der Waals surface area contributed by atoms with Crippen molar-refractivity contribution >= 4 is 25.3 Å². The van der Waals surface area contributed by atoms with Gasteiger partial charge in [-0.25, -0.2) is 19.6 Å². The normalized spacial score (nSPS) is 10.5. The molecule has 0 aliphatic rings. The predicted octanol–water partition coefficient (Wildman–Crippen LogP) is 0.742. The molecule has 4 nitrogen and oxygen atoms in total. The van der Waals surface area contributed by atoms with Crippen LogP contribution in [0.2, 0.25) is 0 Å². The monoisotopic (exact) mass is 214 g/mol. The van der Waals surface area contributed by atoms with Crippen LogP contribution < -0.4 is 0 Å². The molecule has 0 N–H and O–H groups in total. The highest BCUT2D eigenvalue weighted by atomic mass is 32.1. The highest BCUT2D eigenvalue weighted by molar-refractivity contribution is 7.80. The quantitative estimate of drug-likeness (QED) is 0.257. The zero-order valence-corrected chi connectivity index (χ0v) is 8.56. The van der Waals surface area contributed by atoms with E-state index in [1.807, 2.05) is 0 Å². The molecule has 0 unspecified atom stereocenters. The molecule has 12 heavy (non-hydrogen) atoms. The summed E-state index contributed by atoms with van der Waals surface area (Å²) in [6.07, 6.45) is 0. The summed E-state index contributed by atoms with van der Waals surface area (Å²) in [6.45, 7) is 1.64. The third-order valence-electron chi connectivity index (χ3n) is 0.766. The van der Waals surface area contributed by atoms with Crippen molar-refractivity contribution in [2.75, 3.05) is 37.9 Å². The fourth-order valence-electron chi connectivity index (χ4n) is 0.378. The fraction of sp³-hybridized carbons (Fsp3) is 1.00. The maximum atomic E-state index is 4.68. The van der Waals surface area contributed by atoms with Gasteiger partial charge in [-0.1, -0.05) is 0 Å². The van der Waals surface area contributed by atoms with E-state index in [1.54, 1.807) is 0 Å². The van der Waals surface area contributed by atoms with Crippen molar-refractivity contribution < 1.29 is 19.6 Å². The lowest BCUT2D eigenvalue weighted by atomic mass is 10.8. The first-order valence-electron chi connectivity index (χ1n) is 3.62. The highest BCUT2D eigenvalue weighted by Gasteiger charge is 1.90. The molecule has 0 radical (unpaired) electrons. The molecule has 0 rings (SSSR count). The van der Waals surface area contributed by atoms with Crippen LogP contribution >= 0.6 is 25.3 Å². The molecule has 6 heteroatoms. The highest BCUT2D eigenvalue weighted by Crippen LogP contribution is 1.84. The molecule has 0 aromatic heterocycles. The Bertz CT molecular complexity index is 73.9. The lowest BCUT2D eigenvalue weighted by molar-refractivity contribution is -0.337. The van der Waals surface area contributed by atoms with E-state index in [2.05, 4.69) is 44.8 Å². The van der Waals surface area contributed by atoms with Gasteiger partial charge in [0.05, 0.1) is 13.2 Å². The molecule has 0 aromatic rings. The van der Waals surface area contributed by atoms with Crippen molar-refractivity contribution in [2.45, 2.75) is 0 Å². The standard InChI is InChI=1S/C6H14O4S2/c11-5-3-9-7-1-2-8-10-4-6-12/h11-12H,1-6H2. The summed E-state index contributed by atoms with van der Waals surface area (Å²) in [4.78, 5) is 18.7. The van der Waals surface area contributed by atoms with Crippen LogP contribution in [0.4, 0.5) is 0 Å². The second-order valence-corrected chi connectivity index (χ2v) is 2.63. The van der Waals surface area contributed by atoms with E-state index in [0.29, 0.717) is 37.9 Å². The minimum Gasteiger partial charge on any atom is -0.236 e. The molecule has 0 atom stereocenters. The SMILES string of the molecule is SCCOOCCOOCCS. The smallest absolute Gasteiger partial charge is 0.109 e. The Balaban J connectivity index is 2.73. The van der Waals surface area contributed by atoms with Gasteiger partial charge in [0, 0.05) is 11.5 Å². The molecule has 0 aliphatic heterocycles. The Morgan fingerprint density at radius 2 is 0.917 bits per heavy atom. The van der Waals surface area contributed by atoms with Gasteiger partial charge >= 0.3 is 0 Å². The third-order valence-corrected chi connectivity index (χ3v) is 1.13. The summed E-state index contributed by atoms with van der Waals surface area (Å²) >= 11 is 7.84. The summed E-state index contributed by atoms with van der Waals surface area (Å²) in [5.41, 5.74) is 0. The largest absolute Gasteiger partial charge is 0.236 e. The van der Waals surface area contributed by atoms with E-state index < -0.39 is 0 Å². The minimum absolute atomic E-state index is 0.348. The van der Waals surface area contributed by atoms with Crippen LogP contribution in [0.5, 0.6) is 0 Å². The first-order valence-corrected chi connectivity index (χ1v) is 4.89. The summed E-state index contributed by atoms with van der Waals surface area (Å²) in [5.74, 6) is 1.27. The van der Waals surface area contributed by atoms with Gasteiger partial charge in [-0.15, -0.1) is 0 Å². The lowest BCUT2D eigenvalue weighted by Crippen LogP contribution is -2.07. The van der Waals surface area contributed by atoms with Gasteiger partial charge in [0.1, 0.15) is 13.2 Å². The zero-order chi connectivity index (χ0) is 9.07. The molecule has 0 spiro atoms. The molecule has 0 fully saturated rings. The zero-order valence-electron chi connectivity index (χ0n) is 6.77. The Labute approximate surface area is 83.2 Å². The molecule has 0 heterocycles. The van der Waals surface area contributed by atoms with Crippen LogP contribution in [-0.4, -0.2) is 37.9 Å². The maximum Gasteiger partial charge on any atom is 0.109 e. The van der Waals surface area contributed by atoms with Crippen LogP contribution in [0.3, 0.4) is 0 Å². The minimum atomic E-state index is 0.348. The van der Waals surface area contributed by atoms with Gasteiger partial charge in [0.25, 0.3) is 0 Å². The second kappa shape index (κ2) is 11.5. The molecule has 74 valence electrons. The average molecular weight is 214 g/mol. The van der Waals surface area contributed by atoms with Crippen LogP contribution in [0.1, 0.15) is 0 Å². The van der Waals surface area contributed by atoms with Crippen LogP contribution in [-0.2, 0) is 19.6 Å². The van der Waals surface area contributed by atoms with Gasteiger partial charge < -0.3 is 0 Å². The van der Waals surface area contributed by atoms with Crippen molar-refractivity contribution in [2.24, 2.45) is 0 Å². The topological polar surface area (TPSA) is 36.9 Å². The van der Waals surface area contributed by atoms with Gasteiger partial charge in [0.2, 0.25) is 0 Å². The van der Waals surface area contributed by atoms with Crippen molar-refractivity contribution in [1.29, 1.82) is 0 Å². The van der Waals surface area contributed by atoms with Crippen molar-refractivity contribution in [3.63, 3.8) is 0 Å². The van der Waals surface area contributed by atoms with E-state index in [-0.39, 0.29) is 0 Å². The fourth-order valence-corrected chi connectivity index (χ4v) is 0.527. The van der Waals surface area contributed by atoms with E-state index in [0.717, 1.165) is 0 Å². The molecule has 0 saturated heterocycles. The van der Waals surface area contributed by atoms with Gasteiger partial charge in [-0.05, 0) is 0 Å².